The Bertz CT molecular complexity index is 2440. The van der Waals surface area contributed by atoms with Gasteiger partial charge in [-0.2, -0.15) is 26.3 Å². The molecule has 65 heavy (non-hydrogen) atoms. The molecule has 1 spiro atoms. The zero-order chi connectivity index (χ0) is 46.8. The van der Waals surface area contributed by atoms with Gasteiger partial charge in [0.05, 0.1) is 45.3 Å². The predicted molar refractivity (Wildman–Crippen MR) is 232 cm³/mol. The highest BCUT2D eigenvalue weighted by Gasteiger charge is 2.50. The SMILES string of the molecule is CN(CCCNS(=O)(=O)c1ccccc1)C(=O)CO[C@H]1Cc2ccccc2C12CCN(CC[C@@]1(c3ccc(Cl)c(Cl)c3)CN(C(=O)c3cc(C(F)(F)F)cc(C(F)(F)F)c3)CCO1)CC2. The monoisotopic (exact) mass is 968 g/mol. The first kappa shape index (κ1) is 48.7. The number of nitrogens with one attached hydrogen (secondary N) is 1. The molecule has 4 aromatic carbocycles. The number of ether oxygens (including phenoxy) is 2. The first-order chi connectivity index (χ1) is 30.7. The van der Waals surface area contributed by atoms with E-state index in [2.05, 4.69) is 21.8 Å². The molecule has 2 fully saturated rings. The molecule has 1 aliphatic carbocycles. The van der Waals surface area contributed by atoms with Gasteiger partial charge in [0, 0.05) is 44.2 Å². The predicted octanol–water partition coefficient (Wildman–Crippen LogP) is 8.59. The highest BCUT2D eigenvalue weighted by molar-refractivity contribution is 7.89. The third kappa shape index (κ3) is 11.0. The van der Waals surface area contributed by atoms with Gasteiger partial charge in [0.1, 0.15) is 12.2 Å². The van der Waals surface area contributed by atoms with E-state index in [1.54, 1.807) is 43.4 Å². The van der Waals surface area contributed by atoms with Crippen molar-refractivity contribution in [1.82, 2.24) is 19.4 Å². The Kier molecular flexibility index (Phi) is 14.6. The number of sulfonamides is 1. The fourth-order valence-corrected chi connectivity index (χ4v) is 10.6. The number of likely N-dealkylation sites (tertiary alicyclic amines) is 1. The second-order valence-electron chi connectivity index (χ2n) is 16.8. The Hall–Kier alpha value is -4.23. The molecule has 2 atom stereocenters. The van der Waals surface area contributed by atoms with Gasteiger partial charge in [0.15, 0.2) is 0 Å². The van der Waals surface area contributed by atoms with Crippen molar-refractivity contribution < 1.29 is 53.8 Å². The smallest absolute Gasteiger partial charge is 0.367 e. The third-order valence-electron chi connectivity index (χ3n) is 12.8. The molecule has 3 aliphatic rings. The first-order valence-electron chi connectivity index (χ1n) is 21.1. The molecule has 2 aliphatic heterocycles. The van der Waals surface area contributed by atoms with Crippen molar-refractivity contribution in [2.24, 2.45) is 0 Å². The van der Waals surface area contributed by atoms with Gasteiger partial charge in [-0.25, -0.2) is 13.1 Å². The van der Waals surface area contributed by atoms with Gasteiger partial charge < -0.3 is 24.2 Å². The number of likely N-dealkylation sites (N-methyl/N-ethyl adjacent to an activating group) is 1. The fraction of sp³-hybridized carbons (Fsp3) is 0.435. The minimum Gasteiger partial charge on any atom is -0.367 e. The lowest BCUT2D eigenvalue weighted by atomic mass is 9.72. The van der Waals surface area contributed by atoms with E-state index in [0.717, 1.165) is 11.1 Å². The number of hydrogen-bond acceptors (Lipinski definition) is 7. The van der Waals surface area contributed by atoms with Crippen LogP contribution in [0.25, 0.3) is 0 Å². The summed E-state index contributed by atoms with van der Waals surface area (Å²) in [5, 5.41) is 0.454. The molecule has 2 heterocycles. The number of carbonyl (C=O) groups is 2. The van der Waals surface area contributed by atoms with Crippen molar-refractivity contribution in [3.8, 4) is 0 Å². The number of benzene rings is 4. The van der Waals surface area contributed by atoms with Crippen LogP contribution in [0.2, 0.25) is 10.0 Å². The van der Waals surface area contributed by atoms with Crippen LogP contribution in [-0.2, 0) is 54.1 Å². The summed E-state index contributed by atoms with van der Waals surface area (Å²) in [6.45, 7) is 1.65. The first-order valence-corrected chi connectivity index (χ1v) is 23.3. The van der Waals surface area contributed by atoms with Crippen LogP contribution in [0.3, 0.4) is 0 Å². The van der Waals surface area contributed by atoms with Crippen molar-refractivity contribution in [2.75, 3.05) is 66.1 Å². The number of nitrogens with zero attached hydrogens (tertiary/aromatic N) is 3. The van der Waals surface area contributed by atoms with Gasteiger partial charge in [-0.05, 0) is 104 Å². The van der Waals surface area contributed by atoms with E-state index in [1.165, 1.54) is 21.9 Å². The Morgan fingerprint density at radius 3 is 2.20 bits per heavy atom. The molecular weight excluding hydrogens is 921 g/mol. The summed E-state index contributed by atoms with van der Waals surface area (Å²) in [6, 6.07) is 21.9. The molecule has 0 aromatic heterocycles. The van der Waals surface area contributed by atoms with Gasteiger partial charge in [-0.3, -0.25) is 9.59 Å². The quantitative estimate of drug-likeness (QED) is 0.0997. The van der Waals surface area contributed by atoms with Gasteiger partial charge in [-0.15, -0.1) is 0 Å². The topological polar surface area (TPSA) is 108 Å². The highest BCUT2D eigenvalue weighted by Crippen LogP contribution is 2.48. The molecule has 1 N–H and O–H groups in total. The zero-order valence-corrected chi connectivity index (χ0v) is 37.7. The van der Waals surface area contributed by atoms with Crippen LogP contribution < -0.4 is 4.72 Å². The summed E-state index contributed by atoms with van der Waals surface area (Å²) >= 11 is 12.7. The third-order valence-corrected chi connectivity index (χ3v) is 15.0. The van der Waals surface area contributed by atoms with Gasteiger partial charge in [0.25, 0.3) is 5.91 Å². The van der Waals surface area contributed by atoms with Gasteiger partial charge >= 0.3 is 12.4 Å². The van der Waals surface area contributed by atoms with Crippen LogP contribution in [0.4, 0.5) is 26.3 Å². The Balaban J connectivity index is 1.01. The fourth-order valence-electron chi connectivity index (χ4n) is 9.16. The van der Waals surface area contributed by atoms with Crippen LogP contribution in [-0.4, -0.2) is 107 Å². The van der Waals surface area contributed by atoms with Gasteiger partial charge in [0.2, 0.25) is 15.9 Å². The minimum atomic E-state index is -5.13. The van der Waals surface area contributed by atoms with E-state index in [4.69, 9.17) is 32.7 Å². The van der Waals surface area contributed by atoms with Crippen LogP contribution >= 0.6 is 23.2 Å². The van der Waals surface area contributed by atoms with E-state index in [-0.39, 0.29) is 72.3 Å². The lowest BCUT2D eigenvalue weighted by Crippen LogP contribution is -2.54. The van der Waals surface area contributed by atoms with E-state index in [0.29, 0.717) is 69.6 Å². The number of halogens is 8. The number of rotatable bonds is 14. The zero-order valence-electron chi connectivity index (χ0n) is 35.4. The van der Waals surface area contributed by atoms with Crippen molar-refractivity contribution in [1.29, 1.82) is 0 Å². The summed E-state index contributed by atoms with van der Waals surface area (Å²) in [5.41, 5.74) is -2.72. The average Bonchev–Trinajstić information content (AvgIpc) is 3.58. The van der Waals surface area contributed by atoms with Crippen LogP contribution in [0.5, 0.6) is 0 Å². The number of fused-ring (bicyclic) bond motifs is 2. The van der Waals surface area contributed by atoms with Crippen LogP contribution in [0, 0.1) is 0 Å². The van der Waals surface area contributed by atoms with Crippen molar-refractivity contribution >= 4 is 45.0 Å². The minimum absolute atomic E-state index is 0.0104. The maximum Gasteiger partial charge on any atom is 0.416 e. The Labute approximate surface area is 383 Å². The van der Waals surface area contributed by atoms with Crippen molar-refractivity contribution in [2.45, 2.75) is 66.5 Å². The van der Waals surface area contributed by atoms with Crippen molar-refractivity contribution in [3.05, 3.63) is 134 Å². The molecule has 350 valence electrons. The Morgan fingerprint density at radius 1 is 0.877 bits per heavy atom. The second-order valence-corrected chi connectivity index (χ2v) is 19.4. The average molecular weight is 970 g/mol. The lowest BCUT2D eigenvalue weighted by molar-refractivity contribution is -0.143. The van der Waals surface area contributed by atoms with Crippen LogP contribution in [0.15, 0.2) is 95.9 Å². The maximum absolute atomic E-state index is 13.9. The number of piperidine rings is 1. The molecule has 2 amide bonds. The number of carbonyl (C=O) groups excluding carboxylic acids is 2. The largest absolute Gasteiger partial charge is 0.416 e. The highest BCUT2D eigenvalue weighted by atomic mass is 35.5. The molecule has 19 heteroatoms. The standard InChI is InChI=1S/C46H48Cl2F6N4O6S/c1-56(18-7-17-55-65(61,62)36-9-3-2-4-10-36)41(59)29-63-40-26-31-8-5-6-11-37(31)43(40)14-19-57(20-15-43)21-16-44(33-12-13-38(47)39(48)28-33)30-58(22-23-64-44)42(60)32-24-34(45(49,50)51)27-35(25-32)46(52,53)54/h2-6,8-13,24-25,27-28,40,55H,7,14-23,26,29-30H2,1H3/t40-,44-/m0/s1. The van der Waals surface area contributed by atoms with E-state index < -0.39 is 56.0 Å². The van der Waals surface area contributed by atoms with Crippen molar-refractivity contribution in [3.63, 3.8) is 0 Å². The molecule has 7 rings (SSSR count). The van der Waals surface area contributed by atoms with E-state index in [1.807, 2.05) is 12.1 Å². The number of morpholine rings is 1. The van der Waals surface area contributed by atoms with E-state index in [9.17, 15) is 44.3 Å². The maximum atomic E-state index is 13.9. The second kappa shape index (κ2) is 19.5. The molecule has 0 bridgehead atoms. The molecule has 10 nitrogen and oxygen atoms in total. The van der Waals surface area contributed by atoms with Gasteiger partial charge in [-0.1, -0.05) is 71.7 Å². The summed E-state index contributed by atoms with van der Waals surface area (Å²) in [6.07, 6.45) is -7.90. The number of hydrogen-bond donors (Lipinski definition) is 1. The summed E-state index contributed by atoms with van der Waals surface area (Å²) in [7, 11) is -2.02. The molecular formula is C46H48Cl2F6N4O6S. The van der Waals surface area contributed by atoms with Crippen LogP contribution in [0.1, 0.15) is 63.9 Å². The molecule has 0 saturated carbocycles. The molecule has 2 saturated heterocycles. The lowest BCUT2D eigenvalue weighted by Gasteiger charge is -2.46. The summed E-state index contributed by atoms with van der Waals surface area (Å²) in [5.74, 6) is -1.24. The normalized spacial score (nSPS) is 20.2. The summed E-state index contributed by atoms with van der Waals surface area (Å²) < 4.78 is 123. The molecule has 4 aromatic rings. The summed E-state index contributed by atoms with van der Waals surface area (Å²) in [4.78, 5) is 32.3. The van der Waals surface area contributed by atoms with E-state index >= 15 is 0 Å². The molecule has 0 unspecified atom stereocenters. The molecule has 0 radical (unpaired) electrons. The number of amides is 2. The Morgan fingerprint density at radius 2 is 1.54 bits per heavy atom. The number of alkyl halides is 6.